The van der Waals surface area contributed by atoms with Crippen LogP contribution in [0.5, 0.6) is 0 Å². The van der Waals surface area contributed by atoms with Crippen LogP contribution in [-0.4, -0.2) is 15.0 Å². The fourth-order valence-electron chi connectivity index (χ4n) is 8.70. The van der Waals surface area contributed by atoms with Gasteiger partial charge in [0.1, 0.15) is 22.3 Å². The molecule has 0 amide bonds. The van der Waals surface area contributed by atoms with E-state index in [1.54, 1.807) is 0 Å². The fourth-order valence-corrected chi connectivity index (χ4v) is 8.70. The Balaban J connectivity index is 1.01. The van der Waals surface area contributed by atoms with Gasteiger partial charge in [-0.25, -0.2) is 15.0 Å². The first-order valence-corrected chi connectivity index (χ1v) is 20.7. The van der Waals surface area contributed by atoms with E-state index in [0.717, 1.165) is 93.9 Å². The minimum atomic E-state index is 0.529. The van der Waals surface area contributed by atoms with Gasteiger partial charge in [0.05, 0.1) is 5.56 Å². The van der Waals surface area contributed by atoms with Gasteiger partial charge >= 0.3 is 0 Å². The van der Waals surface area contributed by atoms with E-state index in [2.05, 4.69) is 170 Å². The van der Waals surface area contributed by atoms with Crippen molar-refractivity contribution in [3.8, 4) is 78.7 Å². The van der Waals surface area contributed by atoms with Crippen LogP contribution in [0.2, 0.25) is 0 Å². The molecule has 0 bridgehead atoms. The number of aromatic nitrogens is 3. The van der Waals surface area contributed by atoms with Crippen molar-refractivity contribution < 1.29 is 8.83 Å². The van der Waals surface area contributed by atoms with Gasteiger partial charge in [-0.1, -0.05) is 164 Å². The second-order valence-electron chi connectivity index (χ2n) is 15.6. The van der Waals surface area contributed by atoms with Gasteiger partial charge in [0.15, 0.2) is 17.5 Å². The molecule has 12 aromatic rings. The summed E-state index contributed by atoms with van der Waals surface area (Å²) in [5, 5.41) is 4.14. The van der Waals surface area contributed by atoms with E-state index < -0.39 is 0 Å². The Labute approximate surface area is 357 Å². The van der Waals surface area contributed by atoms with Crippen molar-refractivity contribution >= 4 is 43.9 Å². The number of hydrogen-bond donors (Lipinski definition) is 0. The highest BCUT2D eigenvalue weighted by Crippen LogP contribution is 2.42. The SMILES string of the molecule is c1ccc(-c2ccc(-c3nc(-c4ccc5c(c4)oc4cccc(-c6cc(-c7ccccc7)cc(-c7ccccc7)c6)c45)nc(-c4cccc5c4oc4ccccc45)n3)cc2)cc1. The quantitative estimate of drug-likeness (QED) is 0.161. The molecule has 0 aliphatic heterocycles. The lowest BCUT2D eigenvalue weighted by atomic mass is 9.91. The van der Waals surface area contributed by atoms with Gasteiger partial charge in [0, 0.05) is 32.7 Å². The van der Waals surface area contributed by atoms with Crippen molar-refractivity contribution in [3.63, 3.8) is 0 Å². The number of rotatable bonds is 7. The molecule has 0 saturated carbocycles. The van der Waals surface area contributed by atoms with E-state index in [1.165, 1.54) is 11.1 Å². The molecule has 0 saturated heterocycles. The molecule has 0 radical (unpaired) electrons. The number of para-hydroxylation sites is 2. The summed E-state index contributed by atoms with van der Waals surface area (Å²) in [6, 6.07) is 73.5. The predicted molar refractivity (Wildman–Crippen MR) is 252 cm³/mol. The predicted octanol–water partition coefficient (Wildman–Crippen LogP) is 15.3. The maximum Gasteiger partial charge on any atom is 0.167 e. The molecule has 0 aliphatic rings. The Morgan fingerprint density at radius 1 is 0.258 bits per heavy atom. The lowest BCUT2D eigenvalue weighted by Crippen LogP contribution is -2.00. The van der Waals surface area contributed by atoms with Crippen LogP contribution in [-0.2, 0) is 0 Å². The highest BCUT2D eigenvalue weighted by molar-refractivity contribution is 6.13. The first kappa shape index (κ1) is 35.5. The monoisotopic (exact) mass is 793 g/mol. The highest BCUT2D eigenvalue weighted by Gasteiger charge is 2.20. The zero-order valence-corrected chi connectivity index (χ0v) is 33.4. The molecule has 3 aromatic heterocycles. The zero-order valence-electron chi connectivity index (χ0n) is 33.4. The summed E-state index contributed by atoms with van der Waals surface area (Å²) in [6.07, 6.45) is 0. The van der Waals surface area contributed by atoms with E-state index in [1.807, 2.05) is 42.5 Å². The summed E-state index contributed by atoms with van der Waals surface area (Å²) >= 11 is 0. The molecular formula is C57H35N3O2. The summed E-state index contributed by atoms with van der Waals surface area (Å²) in [4.78, 5) is 15.4. The number of fused-ring (bicyclic) bond motifs is 6. The first-order chi connectivity index (χ1) is 30.7. The maximum absolute atomic E-state index is 6.70. The largest absolute Gasteiger partial charge is 0.456 e. The lowest BCUT2D eigenvalue weighted by Gasteiger charge is -2.12. The Bertz CT molecular complexity index is 3550. The fraction of sp³-hybridized carbons (Fsp3) is 0. The van der Waals surface area contributed by atoms with Gasteiger partial charge in [0.25, 0.3) is 0 Å². The average molecular weight is 794 g/mol. The van der Waals surface area contributed by atoms with Crippen molar-refractivity contribution in [3.05, 3.63) is 212 Å². The van der Waals surface area contributed by atoms with Gasteiger partial charge in [-0.05, 0) is 93.0 Å². The lowest BCUT2D eigenvalue weighted by molar-refractivity contribution is 0.668. The zero-order chi connectivity index (χ0) is 41.0. The van der Waals surface area contributed by atoms with Gasteiger partial charge in [-0.3, -0.25) is 0 Å². The van der Waals surface area contributed by atoms with E-state index >= 15 is 0 Å². The van der Waals surface area contributed by atoms with Gasteiger partial charge in [-0.15, -0.1) is 0 Å². The van der Waals surface area contributed by atoms with Crippen molar-refractivity contribution in [1.29, 1.82) is 0 Å². The van der Waals surface area contributed by atoms with E-state index in [9.17, 15) is 0 Å². The summed E-state index contributed by atoms with van der Waals surface area (Å²) in [5.41, 5.74) is 14.8. The van der Waals surface area contributed by atoms with Crippen LogP contribution in [0.15, 0.2) is 221 Å². The first-order valence-electron chi connectivity index (χ1n) is 20.7. The second-order valence-corrected chi connectivity index (χ2v) is 15.6. The Morgan fingerprint density at radius 2 is 0.758 bits per heavy atom. The van der Waals surface area contributed by atoms with Crippen LogP contribution >= 0.6 is 0 Å². The molecule has 0 aliphatic carbocycles. The highest BCUT2D eigenvalue weighted by atomic mass is 16.3. The minimum Gasteiger partial charge on any atom is -0.456 e. The number of hydrogen-bond acceptors (Lipinski definition) is 5. The van der Waals surface area contributed by atoms with Crippen LogP contribution in [0.4, 0.5) is 0 Å². The molecule has 9 aromatic carbocycles. The maximum atomic E-state index is 6.70. The molecule has 5 nitrogen and oxygen atoms in total. The molecule has 0 atom stereocenters. The van der Waals surface area contributed by atoms with E-state index in [-0.39, 0.29) is 0 Å². The number of benzene rings is 9. The van der Waals surface area contributed by atoms with Crippen LogP contribution < -0.4 is 0 Å². The molecular weight excluding hydrogens is 759 g/mol. The van der Waals surface area contributed by atoms with Crippen molar-refractivity contribution in [1.82, 2.24) is 15.0 Å². The molecule has 0 N–H and O–H groups in total. The van der Waals surface area contributed by atoms with Crippen molar-refractivity contribution in [2.75, 3.05) is 0 Å². The standard InChI is InChI=1S/C57H35N3O2/c1-4-14-36(15-5-1)39-26-28-40(29-27-39)55-58-56(60-57(59-55)49-23-12-22-47-46-20-10-11-24-50(46)62-54(47)49)41-30-31-48-52(35-41)61-51-25-13-21-45(53(48)51)44-33-42(37-16-6-2-7-17-37)32-43(34-44)38-18-8-3-9-19-38/h1-35H. The molecule has 0 fully saturated rings. The molecule has 0 spiro atoms. The third-order valence-corrected chi connectivity index (χ3v) is 11.7. The van der Waals surface area contributed by atoms with Crippen LogP contribution in [0.1, 0.15) is 0 Å². The second kappa shape index (κ2) is 14.7. The molecule has 5 heteroatoms. The summed E-state index contributed by atoms with van der Waals surface area (Å²) in [6.45, 7) is 0. The normalized spacial score (nSPS) is 11.5. The van der Waals surface area contributed by atoms with Crippen molar-refractivity contribution in [2.45, 2.75) is 0 Å². The molecule has 0 unspecified atom stereocenters. The molecule has 290 valence electrons. The van der Waals surface area contributed by atoms with Gasteiger partial charge in [-0.2, -0.15) is 0 Å². The Kier molecular flexibility index (Phi) is 8.42. The smallest absolute Gasteiger partial charge is 0.167 e. The molecule has 62 heavy (non-hydrogen) atoms. The van der Waals surface area contributed by atoms with Gasteiger partial charge < -0.3 is 8.83 Å². The third kappa shape index (κ3) is 6.23. The Hall–Kier alpha value is -8.41. The minimum absolute atomic E-state index is 0.529. The number of furan rings is 2. The molecule has 12 rings (SSSR count). The van der Waals surface area contributed by atoms with E-state index in [0.29, 0.717) is 17.5 Å². The van der Waals surface area contributed by atoms with Crippen LogP contribution in [0.25, 0.3) is 123 Å². The Morgan fingerprint density at radius 3 is 1.47 bits per heavy atom. The summed E-state index contributed by atoms with van der Waals surface area (Å²) < 4.78 is 13.2. The summed E-state index contributed by atoms with van der Waals surface area (Å²) in [5.74, 6) is 1.63. The number of nitrogens with zero attached hydrogens (tertiary/aromatic N) is 3. The topological polar surface area (TPSA) is 65.0 Å². The molecule has 3 heterocycles. The van der Waals surface area contributed by atoms with Crippen LogP contribution in [0.3, 0.4) is 0 Å². The third-order valence-electron chi connectivity index (χ3n) is 11.7. The van der Waals surface area contributed by atoms with Crippen molar-refractivity contribution in [2.24, 2.45) is 0 Å². The average Bonchev–Trinajstić information content (AvgIpc) is 3.93. The van der Waals surface area contributed by atoms with Crippen LogP contribution in [0, 0.1) is 0 Å². The van der Waals surface area contributed by atoms with Gasteiger partial charge in [0.2, 0.25) is 0 Å². The van der Waals surface area contributed by atoms with E-state index in [4.69, 9.17) is 23.8 Å². The summed E-state index contributed by atoms with van der Waals surface area (Å²) in [7, 11) is 0.